The van der Waals surface area contributed by atoms with Gasteiger partial charge in [-0.15, -0.1) is 5.10 Å². The van der Waals surface area contributed by atoms with Crippen LogP contribution in [-0.2, 0) is 11.3 Å². The second-order valence-electron chi connectivity index (χ2n) is 4.91. The highest BCUT2D eigenvalue weighted by atomic mass is 16.4. The van der Waals surface area contributed by atoms with Gasteiger partial charge < -0.3 is 10.0 Å². The normalized spacial score (nSPS) is 10.4. The molecule has 1 aromatic carbocycles. The first-order valence-corrected chi connectivity index (χ1v) is 6.35. The molecule has 1 aromatic heterocycles. The molecule has 0 saturated heterocycles. The molecule has 0 spiro atoms. The summed E-state index contributed by atoms with van der Waals surface area (Å²) in [6, 6.07) is 5.85. The van der Waals surface area contributed by atoms with Crippen LogP contribution in [0.4, 0.5) is 5.69 Å². The van der Waals surface area contributed by atoms with Gasteiger partial charge in [0, 0.05) is 12.7 Å². The van der Waals surface area contributed by atoms with Crippen LogP contribution in [0.25, 0.3) is 0 Å². The fourth-order valence-corrected chi connectivity index (χ4v) is 2.01. The molecule has 1 heterocycles. The largest absolute Gasteiger partial charge is 0.476 e. The van der Waals surface area contributed by atoms with Gasteiger partial charge in [-0.3, -0.25) is 4.79 Å². The monoisotopic (exact) mass is 288 g/mol. The second-order valence-corrected chi connectivity index (χ2v) is 4.91. The van der Waals surface area contributed by atoms with Gasteiger partial charge in [0.15, 0.2) is 5.69 Å². The standard InChI is InChI=1S/C14H16N4O3/c1-9-4-10(2)6-11(5-9)17(3)13(19)8-18-7-12(14(20)21)15-16-18/h4-7H,8H2,1-3H3,(H,20,21). The van der Waals surface area contributed by atoms with Crippen molar-refractivity contribution in [3.8, 4) is 0 Å². The number of carboxylic acids is 1. The van der Waals surface area contributed by atoms with Gasteiger partial charge >= 0.3 is 5.97 Å². The summed E-state index contributed by atoms with van der Waals surface area (Å²) < 4.78 is 1.21. The van der Waals surface area contributed by atoms with Crippen LogP contribution in [0.1, 0.15) is 21.6 Å². The van der Waals surface area contributed by atoms with E-state index in [2.05, 4.69) is 10.3 Å². The number of aryl methyl sites for hydroxylation is 2. The van der Waals surface area contributed by atoms with Gasteiger partial charge in [0.05, 0.1) is 6.20 Å². The molecule has 0 saturated carbocycles. The number of carbonyl (C=O) groups excluding carboxylic acids is 1. The van der Waals surface area contributed by atoms with Crippen molar-refractivity contribution >= 4 is 17.6 Å². The number of likely N-dealkylation sites (N-methyl/N-ethyl adjacent to an activating group) is 1. The van der Waals surface area contributed by atoms with E-state index in [1.807, 2.05) is 32.0 Å². The zero-order valence-corrected chi connectivity index (χ0v) is 12.1. The Bertz CT molecular complexity index is 673. The third-order valence-electron chi connectivity index (χ3n) is 3.02. The fourth-order valence-electron chi connectivity index (χ4n) is 2.01. The van der Waals surface area contributed by atoms with Crippen molar-refractivity contribution in [3.05, 3.63) is 41.2 Å². The Morgan fingerprint density at radius 3 is 2.38 bits per heavy atom. The molecule has 1 N–H and O–H groups in total. The summed E-state index contributed by atoms with van der Waals surface area (Å²) in [6.45, 7) is 3.86. The smallest absolute Gasteiger partial charge is 0.358 e. The molecule has 7 nitrogen and oxygen atoms in total. The molecule has 2 rings (SSSR count). The van der Waals surface area contributed by atoms with Crippen molar-refractivity contribution < 1.29 is 14.7 Å². The van der Waals surface area contributed by atoms with E-state index in [1.165, 1.54) is 15.8 Å². The van der Waals surface area contributed by atoms with E-state index >= 15 is 0 Å². The molecule has 2 aromatic rings. The summed E-state index contributed by atoms with van der Waals surface area (Å²) in [5, 5.41) is 15.9. The maximum Gasteiger partial charge on any atom is 0.358 e. The van der Waals surface area contributed by atoms with Gasteiger partial charge in [0.2, 0.25) is 5.91 Å². The van der Waals surface area contributed by atoms with Crippen molar-refractivity contribution in [1.82, 2.24) is 15.0 Å². The van der Waals surface area contributed by atoms with E-state index < -0.39 is 5.97 Å². The van der Waals surface area contributed by atoms with E-state index in [4.69, 9.17) is 5.11 Å². The van der Waals surface area contributed by atoms with Gasteiger partial charge in [-0.05, 0) is 37.1 Å². The SMILES string of the molecule is Cc1cc(C)cc(N(C)C(=O)Cn2cc(C(=O)O)nn2)c1. The minimum absolute atomic E-state index is 0.0657. The Morgan fingerprint density at radius 1 is 1.24 bits per heavy atom. The highest BCUT2D eigenvalue weighted by Gasteiger charge is 2.15. The topological polar surface area (TPSA) is 88.3 Å². The number of amides is 1. The Labute approximate surface area is 121 Å². The number of nitrogens with zero attached hydrogens (tertiary/aromatic N) is 4. The molecule has 7 heteroatoms. The van der Waals surface area contributed by atoms with Crippen LogP contribution in [-0.4, -0.2) is 39.0 Å². The lowest BCUT2D eigenvalue weighted by atomic mass is 10.1. The lowest BCUT2D eigenvalue weighted by Gasteiger charge is -2.18. The molecule has 110 valence electrons. The van der Waals surface area contributed by atoms with Crippen LogP contribution in [0.15, 0.2) is 24.4 Å². The number of aromatic carboxylic acids is 1. The Hall–Kier alpha value is -2.70. The molecular weight excluding hydrogens is 272 g/mol. The van der Waals surface area contributed by atoms with Crippen LogP contribution in [0.5, 0.6) is 0 Å². The summed E-state index contributed by atoms with van der Waals surface area (Å²) in [5.74, 6) is -1.38. The summed E-state index contributed by atoms with van der Waals surface area (Å²) in [4.78, 5) is 24.4. The van der Waals surface area contributed by atoms with Crippen LogP contribution in [0, 0.1) is 13.8 Å². The van der Waals surface area contributed by atoms with Gasteiger partial charge in [0.1, 0.15) is 6.54 Å². The molecule has 0 fully saturated rings. The van der Waals surface area contributed by atoms with Gasteiger partial charge in [-0.2, -0.15) is 0 Å². The molecule has 0 aliphatic heterocycles. The molecule has 0 atom stereocenters. The maximum atomic E-state index is 12.2. The average molecular weight is 288 g/mol. The number of aromatic nitrogens is 3. The molecule has 0 aliphatic carbocycles. The summed E-state index contributed by atoms with van der Waals surface area (Å²) >= 11 is 0. The van der Waals surface area contributed by atoms with Crippen LogP contribution >= 0.6 is 0 Å². The third kappa shape index (κ3) is 3.44. The highest BCUT2D eigenvalue weighted by Crippen LogP contribution is 2.17. The van der Waals surface area contributed by atoms with E-state index in [1.54, 1.807) is 7.05 Å². The van der Waals surface area contributed by atoms with Crippen molar-refractivity contribution in [2.75, 3.05) is 11.9 Å². The molecular formula is C14H16N4O3. The zero-order valence-electron chi connectivity index (χ0n) is 12.1. The minimum atomic E-state index is -1.17. The van der Waals surface area contributed by atoms with Crippen molar-refractivity contribution in [2.45, 2.75) is 20.4 Å². The third-order valence-corrected chi connectivity index (χ3v) is 3.02. The van der Waals surface area contributed by atoms with E-state index in [0.29, 0.717) is 0 Å². The number of benzene rings is 1. The highest BCUT2D eigenvalue weighted by molar-refractivity contribution is 5.93. The number of rotatable bonds is 4. The zero-order chi connectivity index (χ0) is 15.6. The van der Waals surface area contributed by atoms with Crippen LogP contribution in [0.2, 0.25) is 0 Å². The lowest BCUT2D eigenvalue weighted by Crippen LogP contribution is -2.30. The predicted molar refractivity (Wildman–Crippen MR) is 76.3 cm³/mol. The number of carboxylic acid groups (broad SMARTS) is 1. The fraction of sp³-hybridized carbons (Fsp3) is 0.286. The number of anilines is 1. The number of hydrogen-bond acceptors (Lipinski definition) is 4. The summed E-state index contributed by atoms with van der Waals surface area (Å²) in [6.07, 6.45) is 1.23. The molecule has 0 unspecified atom stereocenters. The summed E-state index contributed by atoms with van der Waals surface area (Å²) in [7, 11) is 1.67. The average Bonchev–Trinajstić information content (AvgIpc) is 2.85. The van der Waals surface area contributed by atoms with Crippen molar-refractivity contribution in [2.24, 2.45) is 0 Å². The Balaban J connectivity index is 2.13. The Kier molecular flexibility index (Phi) is 4.02. The first kappa shape index (κ1) is 14.7. The summed E-state index contributed by atoms with van der Waals surface area (Å²) in [5.41, 5.74) is 2.74. The molecule has 0 bridgehead atoms. The Morgan fingerprint density at radius 2 is 1.86 bits per heavy atom. The van der Waals surface area contributed by atoms with E-state index in [-0.39, 0.29) is 18.1 Å². The number of hydrogen-bond donors (Lipinski definition) is 1. The van der Waals surface area contributed by atoms with Crippen molar-refractivity contribution in [1.29, 1.82) is 0 Å². The quantitative estimate of drug-likeness (QED) is 0.914. The number of carbonyl (C=O) groups is 2. The first-order valence-electron chi connectivity index (χ1n) is 6.35. The van der Waals surface area contributed by atoms with Crippen molar-refractivity contribution in [3.63, 3.8) is 0 Å². The van der Waals surface area contributed by atoms with Gasteiger partial charge in [-0.1, -0.05) is 11.3 Å². The minimum Gasteiger partial charge on any atom is -0.476 e. The predicted octanol–water partition coefficient (Wildman–Crippen LogP) is 1.26. The van der Waals surface area contributed by atoms with Gasteiger partial charge in [0.25, 0.3) is 0 Å². The van der Waals surface area contributed by atoms with Crippen LogP contribution < -0.4 is 4.90 Å². The van der Waals surface area contributed by atoms with E-state index in [0.717, 1.165) is 16.8 Å². The second kappa shape index (κ2) is 5.74. The molecule has 0 radical (unpaired) electrons. The van der Waals surface area contributed by atoms with Crippen LogP contribution in [0.3, 0.4) is 0 Å². The molecule has 0 aliphatic rings. The van der Waals surface area contributed by atoms with Gasteiger partial charge in [-0.25, -0.2) is 9.48 Å². The lowest BCUT2D eigenvalue weighted by molar-refractivity contribution is -0.119. The first-order chi connectivity index (χ1) is 9.86. The maximum absolute atomic E-state index is 12.2. The van der Waals surface area contributed by atoms with E-state index in [9.17, 15) is 9.59 Å². The molecule has 1 amide bonds. The molecule has 21 heavy (non-hydrogen) atoms.